The summed E-state index contributed by atoms with van der Waals surface area (Å²) in [6, 6.07) is 4.14. The molecule has 1 N–H and O–H groups in total. The van der Waals surface area contributed by atoms with Crippen LogP contribution in [0.1, 0.15) is 17.0 Å². The summed E-state index contributed by atoms with van der Waals surface area (Å²) in [4.78, 5) is 0.0543. The molecule has 0 atom stereocenters. The van der Waals surface area contributed by atoms with E-state index in [9.17, 15) is 8.42 Å². The third kappa shape index (κ3) is 3.15. The summed E-state index contributed by atoms with van der Waals surface area (Å²) >= 11 is 11.6. The molecular weight excluding hydrogens is 323 g/mol. The third-order valence-electron chi connectivity index (χ3n) is 2.82. The van der Waals surface area contributed by atoms with Crippen molar-refractivity contribution < 1.29 is 12.9 Å². The molecule has 2 aromatic rings. The molecule has 0 radical (unpaired) electrons. The Morgan fingerprint density at radius 1 is 1.25 bits per heavy atom. The highest BCUT2D eigenvalue weighted by atomic mass is 35.5. The van der Waals surface area contributed by atoms with Crippen LogP contribution in [0.4, 0.5) is 0 Å². The number of rotatable bonds is 4. The molecule has 0 unspecified atom stereocenters. The smallest absolute Gasteiger partial charge is 0.240 e. The minimum Gasteiger partial charge on any atom is -0.361 e. The molecule has 0 amide bonds. The first-order valence-electron chi connectivity index (χ1n) is 5.67. The number of aryl methyl sites for hydroxylation is 2. The summed E-state index contributed by atoms with van der Waals surface area (Å²) in [6.45, 7) is 3.58. The monoisotopic (exact) mass is 334 g/mol. The fourth-order valence-electron chi connectivity index (χ4n) is 1.65. The van der Waals surface area contributed by atoms with Crippen molar-refractivity contribution in [1.82, 2.24) is 9.88 Å². The second kappa shape index (κ2) is 5.73. The molecule has 0 aliphatic heterocycles. The lowest BCUT2D eigenvalue weighted by atomic mass is 10.2. The first-order valence-corrected chi connectivity index (χ1v) is 7.91. The van der Waals surface area contributed by atoms with Gasteiger partial charge in [-0.2, -0.15) is 0 Å². The van der Waals surface area contributed by atoms with Crippen LogP contribution in [0.5, 0.6) is 0 Å². The van der Waals surface area contributed by atoms with Crippen LogP contribution in [0.15, 0.2) is 27.6 Å². The largest absolute Gasteiger partial charge is 0.361 e. The van der Waals surface area contributed by atoms with Gasteiger partial charge in [0.25, 0.3) is 0 Å². The second-order valence-electron chi connectivity index (χ2n) is 4.20. The topological polar surface area (TPSA) is 72.2 Å². The predicted octanol–water partition coefficient (Wildman–Crippen LogP) is 3.08. The molecular formula is C12H12Cl2N2O3S. The maximum absolute atomic E-state index is 12.1. The van der Waals surface area contributed by atoms with Gasteiger partial charge in [0.15, 0.2) is 0 Å². The Kier molecular flexibility index (Phi) is 4.39. The molecule has 0 aliphatic carbocycles. The molecule has 0 saturated carbocycles. The second-order valence-corrected chi connectivity index (χ2v) is 6.78. The Morgan fingerprint density at radius 2 is 1.95 bits per heavy atom. The van der Waals surface area contributed by atoms with Crippen LogP contribution < -0.4 is 4.72 Å². The van der Waals surface area contributed by atoms with Crippen LogP contribution in [0.2, 0.25) is 10.0 Å². The molecule has 0 fully saturated rings. The highest BCUT2D eigenvalue weighted by molar-refractivity contribution is 7.89. The summed E-state index contributed by atoms with van der Waals surface area (Å²) in [7, 11) is -3.67. The minimum atomic E-state index is -3.67. The molecule has 20 heavy (non-hydrogen) atoms. The maximum atomic E-state index is 12.1. The minimum absolute atomic E-state index is 0.0543. The van der Waals surface area contributed by atoms with E-state index in [1.165, 1.54) is 18.2 Å². The van der Waals surface area contributed by atoms with Crippen molar-refractivity contribution in [3.05, 3.63) is 45.3 Å². The Hall–Kier alpha value is -1.08. The lowest BCUT2D eigenvalue weighted by Crippen LogP contribution is -2.23. The Bertz CT molecular complexity index is 722. The zero-order chi connectivity index (χ0) is 14.9. The van der Waals surface area contributed by atoms with Gasteiger partial charge in [0.05, 0.1) is 20.6 Å². The molecule has 1 aromatic carbocycles. The molecule has 2 rings (SSSR count). The van der Waals surface area contributed by atoms with Crippen molar-refractivity contribution in [3.8, 4) is 0 Å². The van der Waals surface area contributed by atoms with Crippen LogP contribution in [-0.4, -0.2) is 13.6 Å². The van der Waals surface area contributed by atoms with Gasteiger partial charge < -0.3 is 4.52 Å². The summed E-state index contributed by atoms with van der Waals surface area (Å²) < 4.78 is 31.8. The van der Waals surface area contributed by atoms with E-state index < -0.39 is 10.0 Å². The van der Waals surface area contributed by atoms with E-state index in [4.69, 9.17) is 27.7 Å². The van der Waals surface area contributed by atoms with Gasteiger partial charge >= 0.3 is 0 Å². The van der Waals surface area contributed by atoms with Crippen LogP contribution in [0.3, 0.4) is 0 Å². The van der Waals surface area contributed by atoms with Gasteiger partial charge in [0, 0.05) is 12.1 Å². The average molecular weight is 335 g/mol. The SMILES string of the molecule is Cc1noc(C)c1CNS(=O)(=O)c1ccc(Cl)c(Cl)c1. The van der Waals surface area contributed by atoms with Gasteiger partial charge in [-0.25, -0.2) is 13.1 Å². The summed E-state index contributed by atoms with van der Waals surface area (Å²) in [5, 5.41) is 4.26. The van der Waals surface area contributed by atoms with E-state index in [1.807, 2.05) is 0 Å². The zero-order valence-corrected chi connectivity index (χ0v) is 13.1. The molecule has 0 aliphatic rings. The number of benzene rings is 1. The first kappa shape index (κ1) is 15.3. The lowest BCUT2D eigenvalue weighted by molar-refractivity contribution is 0.392. The van der Waals surface area contributed by atoms with E-state index in [0.717, 1.165) is 0 Å². The fourth-order valence-corrected chi connectivity index (χ4v) is 3.03. The van der Waals surface area contributed by atoms with Crippen LogP contribution in [0.25, 0.3) is 0 Å². The Labute approximate surface area is 126 Å². The molecule has 108 valence electrons. The molecule has 5 nitrogen and oxygen atoms in total. The van der Waals surface area contributed by atoms with Gasteiger partial charge in [0.2, 0.25) is 10.0 Å². The lowest BCUT2D eigenvalue weighted by Gasteiger charge is -2.07. The van der Waals surface area contributed by atoms with Crippen molar-refractivity contribution in [3.63, 3.8) is 0 Å². The van der Waals surface area contributed by atoms with Crippen LogP contribution >= 0.6 is 23.2 Å². The van der Waals surface area contributed by atoms with E-state index in [-0.39, 0.29) is 16.5 Å². The van der Waals surface area contributed by atoms with Crippen molar-refractivity contribution >= 4 is 33.2 Å². The van der Waals surface area contributed by atoms with Gasteiger partial charge in [-0.3, -0.25) is 0 Å². The highest BCUT2D eigenvalue weighted by Crippen LogP contribution is 2.25. The molecule has 8 heteroatoms. The summed E-state index contributed by atoms with van der Waals surface area (Å²) in [6.07, 6.45) is 0. The summed E-state index contributed by atoms with van der Waals surface area (Å²) in [5.41, 5.74) is 1.37. The van der Waals surface area contributed by atoms with Gasteiger partial charge in [-0.15, -0.1) is 0 Å². The van der Waals surface area contributed by atoms with E-state index in [2.05, 4.69) is 9.88 Å². The van der Waals surface area contributed by atoms with Crippen molar-refractivity contribution in [2.75, 3.05) is 0 Å². The van der Waals surface area contributed by atoms with Crippen LogP contribution in [-0.2, 0) is 16.6 Å². The van der Waals surface area contributed by atoms with Crippen molar-refractivity contribution in [1.29, 1.82) is 0 Å². The standard InChI is InChI=1S/C12H12Cl2N2O3S/c1-7-10(8(2)19-16-7)6-15-20(17,18)9-3-4-11(13)12(14)5-9/h3-5,15H,6H2,1-2H3. The number of nitrogens with zero attached hydrogens (tertiary/aromatic N) is 1. The van der Waals surface area contributed by atoms with Crippen molar-refractivity contribution in [2.45, 2.75) is 25.3 Å². The number of halogens is 2. The maximum Gasteiger partial charge on any atom is 0.240 e. The number of hydrogen-bond donors (Lipinski definition) is 1. The molecule has 1 aromatic heterocycles. The predicted molar refractivity (Wildman–Crippen MR) is 76.5 cm³/mol. The quantitative estimate of drug-likeness (QED) is 0.932. The zero-order valence-electron chi connectivity index (χ0n) is 10.8. The van der Waals surface area contributed by atoms with Crippen LogP contribution in [0, 0.1) is 13.8 Å². The fraction of sp³-hybridized carbons (Fsp3) is 0.250. The van der Waals surface area contributed by atoms with Gasteiger partial charge in [-0.1, -0.05) is 28.4 Å². The van der Waals surface area contributed by atoms with Gasteiger partial charge in [0.1, 0.15) is 5.76 Å². The van der Waals surface area contributed by atoms with Gasteiger partial charge in [-0.05, 0) is 32.0 Å². The van der Waals surface area contributed by atoms with E-state index >= 15 is 0 Å². The number of aromatic nitrogens is 1. The molecule has 0 saturated heterocycles. The average Bonchev–Trinajstić information content (AvgIpc) is 2.70. The Morgan fingerprint density at radius 3 is 2.50 bits per heavy atom. The van der Waals surface area contributed by atoms with E-state index in [1.54, 1.807) is 13.8 Å². The highest BCUT2D eigenvalue weighted by Gasteiger charge is 2.17. The normalized spacial score (nSPS) is 11.8. The van der Waals surface area contributed by atoms with E-state index in [0.29, 0.717) is 22.0 Å². The molecule has 0 spiro atoms. The third-order valence-corrected chi connectivity index (χ3v) is 4.96. The Balaban J connectivity index is 2.21. The molecule has 1 heterocycles. The van der Waals surface area contributed by atoms with Crippen molar-refractivity contribution in [2.24, 2.45) is 0 Å². The number of sulfonamides is 1. The molecule has 0 bridgehead atoms. The first-order chi connectivity index (χ1) is 9.31. The number of hydrogen-bond acceptors (Lipinski definition) is 4. The number of nitrogens with one attached hydrogen (secondary N) is 1. The summed E-state index contributed by atoms with van der Waals surface area (Å²) in [5.74, 6) is 0.583.